The normalized spacial score (nSPS) is 17.6. The number of ketones is 1. The molecule has 1 saturated carbocycles. The minimum absolute atomic E-state index is 0.0320. The van der Waals surface area contributed by atoms with Crippen LogP contribution in [0.15, 0.2) is 42.2 Å². The lowest BCUT2D eigenvalue weighted by molar-refractivity contribution is -0.139. The second-order valence-corrected chi connectivity index (χ2v) is 8.30. The van der Waals surface area contributed by atoms with Crippen molar-refractivity contribution >= 4 is 23.5 Å². The zero-order chi connectivity index (χ0) is 21.3. The van der Waals surface area contributed by atoms with Gasteiger partial charge < -0.3 is 14.4 Å². The van der Waals surface area contributed by atoms with Gasteiger partial charge in [0.15, 0.2) is 5.76 Å². The van der Waals surface area contributed by atoms with Crippen molar-refractivity contribution in [3.8, 4) is 11.5 Å². The van der Waals surface area contributed by atoms with E-state index in [1.54, 1.807) is 18.2 Å². The molecule has 0 saturated heterocycles. The Kier molecular flexibility index (Phi) is 5.62. The van der Waals surface area contributed by atoms with E-state index < -0.39 is 0 Å². The molecule has 0 unspecified atom stereocenters. The summed E-state index contributed by atoms with van der Waals surface area (Å²) in [5.41, 5.74) is 3.25. The van der Waals surface area contributed by atoms with E-state index >= 15 is 0 Å². The van der Waals surface area contributed by atoms with Crippen LogP contribution < -0.4 is 14.4 Å². The molecule has 0 aromatic heterocycles. The molecule has 1 fully saturated rings. The Balaban J connectivity index is 1.53. The maximum atomic E-state index is 12.9. The smallest absolute Gasteiger partial charge is 0.314 e. The van der Waals surface area contributed by atoms with Gasteiger partial charge in [-0.1, -0.05) is 31.4 Å². The molecule has 30 heavy (non-hydrogen) atoms. The lowest BCUT2D eigenvalue weighted by Crippen LogP contribution is -2.22. The van der Waals surface area contributed by atoms with Crippen molar-refractivity contribution < 1.29 is 19.1 Å². The predicted octanol–water partition coefficient (Wildman–Crippen LogP) is 5.16. The Morgan fingerprint density at radius 2 is 1.80 bits per heavy atom. The van der Waals surface area contributed by atoms with Gasteiger partial charge in [-0.3, -0.25) is 9.59 Å². The molecule has 2 aromatic rings. The van der Waals surface area contributed by atoms with Gasteiger partial charge in [0, 0.05) is 25.8 Å². The number of ether oxygens (including phenoxy) is 2. The van der Waals surface area contributed by atoms with Crippen LogP contribution in [0.3, 0.4) is 0 Å². The van der Waals surface area contributed by atoms with Gasteiger partial charge in [0.05, 0.1) is 11.5 Å². The minimum atomic E-state index is -0.185. The first kappa shape index (κ1) is 20.2. The van der Waals surface area contributed by atoms with Gasteiger partial charge in [-0.2, -0.15) is 0 Å². The molecular weight excluding hydrogens is 378 g/mol. The van der Waals surface area contributed by atoms with E-state index in [0.29, 0.717) is 17.1 Å². The fraction of sp³-hybridized carbons (Fsp3) is 0.360. The van der Waals surface area contributed by atoms with Gasteiger partial charge in [0.2, 0.25) is 5.78 Å². The zero-order valence-corrected chi connectivity index (χ0v) is 17.7. The number of hydrogen-bond acceptors (Lipinski definition) is 5. The second kappa shape index (κ2) is 8.34. The van der Waals surface area contributed by atoms with E-state index in [1.165, 1.54) is 6.42 Å². The largest absolute Gasteiger partial charge is 0.452 e. The maximum Gasteiger partial charge on any atom is 0.314 e. The lowest BCUT2D eigenvalue weighted by Gasteiger charge is -2.20. The molecule has 2 aliphatic rings. The molecular formula is C25H27NO4. The summed E-state index contributed by atoms with van der Waals surface area (Å²) in [6, 6.07) is 11.3. The first-order valence-electron chi connectivity index (χ1n) is 10.5. The second-order valence-electron chi connectivity index (χ2n) is 8.30. The van der Waals surface area contributed by atoms with E-state index in [4.69, 9.17) is 9.47 Å². The van der Waals surface area contributed by atoms with Crippen LogP contribution in [0.5, 0.6) is 11.5 Å². The summed E-state index contributed by atoms with van der Waals surface area (Å²) in [5, 5.41) is 0. The molecule has 0 amide bonds. The molecule has 5 nitrogen and oxygen atoms in total. The van der Waals surface area contributed by atoms with Crippen LogP contribution in [0.2, 0.25) is 0 Å². The number of nitrogens with zero attached hydrogens (tertiary/aromatic N) is 1. The van der Waals surface area contributed by atoms with Gasteiger partial charge in [-0.25, -0.2) is 0 Å². The zero-order valence-electron chi connectivity index (χ0n) is 17.7. The number of allylic oxidation sites excluding steroid dienone is 1. The number of hydrogen-bond donors (Lipinski definition) is 0. The van der Waals surface area contributed by atoms with E-state index in [2.05, 4.69) is 0 Å². The molecule has 2 aromatic carbocycles. The summed E-state index contributed by atoms with van der Waals surface area (Å²) in [4.78, 5) is 27.4. The highest BCUT2D eigenvalue weighted by Gasteiger charge is 2.31. The van der Waals surface area contributed by atoms with Crippen LogP contribution in [-0.2, 0) is 4.79 Å². The number of carbonyl (C=O) groups is 2. The molecule has 1 aliphatic heterocycles. The SMILES string of the molecule is Cc1cc(OC(=O)C2CCCCC2)cc2c1C(=O)/C(=C/c1ccc(N(C)C)cc1)O2. The van der Waals surface area contributed by atoms with Crippen LogP contribution in [0.1, 0.15) is 53.6 Å². The molecule has 0 radical (unpaired) electrons. The Morgan fingerprint density at radius 1 is 1.10 bits per heavy atom. The third kappa shape index (κ3) is 4.11. The van der Waals surface area contributed by atoms with Gasteiger partial charge in [0.25, 0.3) is 0 Å². The highest BCUT2D eigenvalue weighted by Crippen LogP contribution is 2.38. The molecule has 4 rings (SSSR count). The quantitative estimate of drug-likeness (QED) is 0.399. The van der Waals surface area contributed by atoms with Crippen LogP contribution in [0, 0.1) is 12.8 Å². The monoisotopic (exact) mass is 405 g/mol. The number of Topliss-reactive ketones (excluding diaryl/α,β-unsaturated/α-hetero) is 1. The average molecular weight is 405 g/mol. The molecule has 1 aliphatic carbocycles. The van der Waals surface area contributed by atoms with Crippen molar-refractivity contribution in [1.82, 2.24) is 0 Å². The summed E-state index contributed by atoms with van der Waals surface area (Å²) < 4.78 is 11.5. The number of aryl methyl sites for hydroxylation is 1. The van der Waals surface area contributed by atoms with E-state index in [0.717, 1.165) is 42.5 Å². The van der Waals surface area contributed by atoms with Crippen LogP contribution in [-0.4, -0.2) is 25.8 Å². The molecule has 156 valence electrons. The number of fused-ring (bicyclic) bond motifs is 1. The summed E-state index contributed by atoms with van der Waals surface area (Å²) >= 11 is 0. The third-order valence-corrected chi connectivity index (χ3v) is 5.81. The van der Waals surface area contributed by atoms with Crippen molar-refractivity contribution in [2.45, 2.75) is 39.0 Å². The molecule has 0 N–H and O–H groups in total. The van der Waals surface area contributed by atoms with E-state index in [9.17, 15) is 9.59 Å². The molecule has 1 heterocycles. The fourth-order valence-corrected chi connectivity index (χ4v) is 4.09. The highest BCUT2D eigenvalue weighted by atomic mass is 16.5. The first-order chi connectivity index (χ1) is 14.4. The summed E-state index contributed by atoms with van der Waals surface area (Å²) in [7, 11) is 3.96. The standard InChI is InChI=1S/C25H27NO4/c1-16-13-20(29-25(28)18-7-5-4-6-8-18)15-21-23(16)24(27)22(30-21)14-17-9-11-19(12-10-17)26(2)3/h9-15,18H,4-8H2,1-3H3/b22-14-. The van der Waals surface area contributed by atoms with Crippen molar-refractivity contribution in [1.29, 1.82) is 0 Å². The minimum Gasteiger partial charge on any atom is -0.452 e. The van der Waals surface area contributed by atoms with Crippen molar-refractivity contribution in [2.24, 2.45) is 5.92 Å². The summed E-state index contributed by atoms with van der Waals surface area (Å²) in [6.45, 7) is 1.84. The number of esters is 1. The molecule has 0 atom stereocenters. The number of carbonyl (C=O) groups excluding carboxylic acids is 2. The summed E-state index contributed by atoms with van der Waals surface area (Å²) in [5.74, 6) is 0.796. The molecule has 5 heteroatoms. The topological polar surface area (TPSA) is 55.8 Å². The highest BCUT2D eigenvalue weighted by molar-refractivity contribution is 6.15. The van der Waals surface area contributed by atoms with Crippen LogP contribution in [0.4, 0.5) is 5.69 Å². The van der Waals surface area contributed by atoms with Gasteiger partial charge in [0.1, 0.15) is 11.5 Å². The number of benzene rings is 2. The first-order valence-corrected chi connectivity index (χ1v) is 10.5. The van der Waals surface area contributed by atoms with Crippen molar-refractivity contribution in [3.63, 3.8) is 0 Å². The molecule has 0 spiro atoms. The van der Waals surface area contributed by atoms with Gasteiger partial charge >= 0.3 is 5.97 Å². The van der Waals surface area contributed by atoms with Crippen LogP contribution >= 0.6 is 0 Å². The molecule has 0 bridgehead atoms. The van der Waals surface area contributed by atoms with E-state index in [-0.39, 0.29) is 23.4 Å². The lowest BCUT2D eigenvalue weighted by atomic mass is 9.89. The van der Waals surface area contributed by atoms with Gasteiger partial charge in [-0.15, -0.1) is 0 Å². The van der Waals surface area contributed by atoms with E-state index in [1.807, 2.05) is 50.2 Å². The fourth-order valence-electron chi connectivity index (χ4n) is 4.09. The Morgan fingerprint density at radius 3 is 2.47 bits per heavy atom. The number of anilines is 1. The maximum absolute atomic E-state index is 12.9. The van der Waals surface area contributed by atoms with Crippen molar-refractivity contribution in [3.05, 3.63) is 58.8 Å². The van der Waals surface area contributed by atoms with Crippen molar-refractivity contribution in [2.75, 3.05) is 19.0 Å². The summed E-state index contributed by atoms with van der Waals surface area (Å²) in [6.07, 6.45) is 6.85. The predicted molar refractivity (Wildman–Crippen MR) is 117 cm³/mol. The van der Waals surface area contributed by atoms with Crippen LogP contribution in [0.25, 0.3) is 6.08 Å². The Hall–Kier alpha value is -3.08. The number of rotatable bonds is 4. The average Bonchev–Trinajstić information content (AvgIpc) is 3.04. The van der Waals surface area contributed by atoms with Gasteiger partial charge in [-0.05, 0) is 55.2 Å². The third-order valence-electron chi connectivity index (χ3n) is 5.81. The Labute approximate surface area is 177 Å². The Bertz CT molecular complexity index is 999.